The molecule has 0 aromatic heterocycles. The van der Waals surface area contributed by atoms with Gasteiger partial charge in [-0.3, -0.25) is 4.79 Å². The molecule has 0 aliphatic carbocycles. The second-order valence-electron chi connectivity index (χ2n) is 4.41. The number of rotatable bonds is 4. The first-order chi connectivity index (χ1) is 9.22. The Hall–Kier alpha value is -1.75. The molecule has 0 bridgehead atoms. The zero-order valence-electron chi connectivity index (χ0n) is 11.3. The molecule has 0 radical (unpaired) electrons. The van der Waals surface area contributed by atoms with Crippen LogP contribution in [0.1, 0.15) is 22.3 Å². The Balaban J connectivity index is 2.16. The molecule has 0 saturated carbocycles. The van der Waals surface area contributed by atoms with Crippen molar-refractivity contribution in [3.05, 3.63) is 23.3 Å². The highest BCUT2D eigenvalue weighted by atomic mass is 16.5. The summed E-state index contributed by atoms with van der Waals surface area (Å²) in [6.45, 7) is 4.13. The van der Waals surface area contributed by atoms with Crippen LogP contribution < -0.4 is 14.8 Å². The van der Waals surface area contributed by atoms with Gasteiger partial charge in [0.05, 0.1) is 19.8 Å². The van der Waals surface area contributed by atoms with Gasteiger partial charge in [0.1, 0.15) is 0 Å². The molecular weight excluding hydrogens is 246 g/mol. The molecule has 0 unspecified atom stereocenters. The first-order valence-electron chi connectivity index (χ1n) is 6.39. The molecule has 0 saturated heterocycles. The Morgan fingerprint density at radius 1 is 1.32 bits per heavy atom. The summed E-state index contributed by atoms with van der Waals surface area (Å²) in [5, 5.41) is 2.80. The lowest BCUT2D eigenvalue weighted by molar-refractivity contribution is 0.0936. The molecule has 5 heteroatoms. The maximum atomic E-state index is 12.0. The lowest BCUT2D eigenvalue weighted by Gasteiger charge is -2.12. The van der Waals surface area contributed by atoms with Crippen LogP contribution in [0.4, 0.5) is 0 Å². The van der Waals surface area contributed by atoms with Crippen molar-refractivity contribution in [2.45, 2.75) is 13.3 Å². The molecule has 1 aliphatic rings. The Morgan fingerprint density at radius 3 is 2.68 bits per heavy atom. The van der Waals surface area contributed by atoms with Gasteiger partial charge in [0.15, 0.2) is 11.5 Å². The first kappa shape index (κ1) is 13.7. The van der Waals surface area contributed by atoms with Gasteiger partial charge in [-0.15, -0.1) is 0 Å². The Labute approximate surface area is 112 Å². The molecule has 1 aromatic carbocycles. The average molecular weight is 265 g/mol. The van der Waals surface area contributed by atoms with Gasteiger partial charge in [0, 0.05) is 25.6 Å². The standard InChI is InChI=1S/C14H19NO4/c1-10-8-12-13(19-6-3-5-18-12)9-11(10)14(16)15-4-7-17-2/h8-9H,3-7H2,1-2H3,(H,15,16). The predicted octanol–water partition coefficient (Wildman–Crippen LogP) is 1.53. The van der Waals surface area contributed by atoms with E-state index in [4.69, 9.17) is 14.2 Å². The predicted molar refractivity (Wildman–Crippen MR) is 71.0 cm³/mol. The number of carbonyl (C=O) groups excluding carboxylic acids is 1. The van der Waals surface area contributed by atoms with Gasteiger partial charge in [0.25, 0.3) is 5.91 Å². The van der Waals surface area contributed by atoms with Crippen LogP contribution in [-0.2, 0) is 4.74 Å². The lowest BCUT2D eigenvalue weighted by Crippen LogP contribution is -2.27. The van der Waals surface area contributed by atoms with Gasteiger partial charge < -0.3 is 19.5 Å². The molecule has 1 aromatic rings. The monoisotopic (exact) mass is 265 g/mol. The van der Waals surface area contributed by atoms with E-state index >= 15 is 0 Å². The van der Waals surface area contributed by atoms with Gasteiger partial charge in [-0.1, -0.05) is 0 Å². The van der Waals surface area contributed by atoms with Crippen molar-refractivity contribution >= 4 is 5.91 Å². The molecule has 1 aliphatic heterocycles. The quantitative estimate of drug-likeness (QED) is 0.839. The number of methoxy groups -OCH3 is 1. The van der Waals surface area contributed by atoms with Crippen LogP contribution in [0.15, 0.2) is 12.1 Å². The topological polar surface area (TPSA) is 56.8 Å². The summed E-state index contributed by atoms with van der Waals surface area (Å²) in [5.41, 5.74) is 1.49. The van der Waals surface area contributed by atoms with E-state index in [1.807, 2.05) is 13.0 Å². The molecular formula is C14H19NO4. The smallest absolute Gasteiger partial charge is 0.251 e. The maximum absolute atomic E-state index is 12.0. The van der Waals surface area contributed by atoms with Crippen molar-refractivity contribution in [3.63, 3.8) is 0 Å². The highest BCUT2D eigenvalue weighted by molar-refractivity contribution is 5.96. The minimum absolute atomic E-state index is 0.120. The minimum Gasteiger partial charge on any atom is -0.490 e. The normalized spacial score (nSPS) is 13.8. The number of hydrogen-bond acceptors (Lipinski definition) is 4. The Kier molecular flexibility index (Phi) is 4.63. The summed E-state index contributed by atoms with van der Waals surface area (Å²) in [6.07, 6.45) is 0.850. The fourth-order valence-corrected chi connectivity index (χ4v) is 1.92. The van der Waals surface area contributed by atoms with E-state index in [-0.39, 0.29) is 5.91 Å². The van der Waals surface area contributed by atoms with Crippen molar-refractivity contribution in [2.24, 2.45) is 0 Å². The van der Waals surface area contributed by atoms with Crippen LogP contribution in [0.5, 0.6) is 11.5 Å². The van der Waals surface area contributed by atoms with E-state index in [0.717, 1.165) is 12.0 Å². The third-order valence-electron chi connectivity index (χ3n) is 2.93. The van der Waals surface area contributed by atoms with Gasteiger partial charge in [-0.05, 0) is 24.6 Å². The molecule has 0 fully saturated rings. The summed E-state index contributed by atoms with van der Waals surface area (Å²) >= 11 is 0. The van der Waals surface area contributed by atoms with E-state index in [9.17, 15) is 4.79 Å². The SMILES string of the molecule is COCCNC(=O)c1cc2c(cc1C)OCCCO2. The second kappa shape index (κ2) is 6.43. The molecule has 0 atom stereocenters. The Morgan fingerprint density at radius 2 is 2.00 bits per heavy atom. The molecule has 0 spiro atoms. The molecule has 19 heavy (non-hydrogen) atoms. The van der Waals surface area contributed by atoms with Crippen LogP contribution in [0.3, 0.4) is 0 Å². The van der Waals surface area contributed by atoms with Crippen molar-refractivity contribution in [3.8, 4) is 11.5 Å². The summed E-state index contributed by atoms with van der Waals surface area (Å²) in [4.78, 5) is 12.0. The highest BCUT2D eigenvalue weighted by Gasteiger charge is 2.16. The number of benzene rings is 1. The second-order valence-corrected chi connectivity index (χ2v) is 4.41. The van der Waals surface area contributed by atoms with E-state index in [2.05, 4.69) is 5.32 Å². The fourth-order valence-electron chi connectivity index (χ4n) is 1.92. The van der Waals surface area contributed by atoms with Crippen LogP contribution in [0.2, 0.25) is 0 Å². The number of ether oxygens (including phenoxy) is 3. The number of hydrogen-bond donors (Lipinski definition) is 1. The number of carbonyl (C=O) groups is 1. The molecule has 1 heterocycles. The van der Waals surface area contributed by atoms with Crippen LogP contribution in [0, 0.1) is 6.92 Å². The zero-order chi connectivity index (χ0) is 13.7. The van der Waals surface area contributed by atoms with E-state index in [1.54, 1.807) is 13.2 Å². The van der Waals surface area contributed by atoms with Crippen LogP contribution in [-0.4, -0.2) is 39.4 Å². The summed E-state index contributed by atoms with van der Waals surface area (Å²) in [6, 6.07) is 3.60. The van der Waals surface area contributed by atoms with Gasteiger partial charge in [-0.2, -0.15) is 0 Å². The third kappa shape index (κ3) is 3.38. The van der Waals surface area contributed by atoms with Crippen molar-refractivity contribution in [2.75, 3.05) is 33.5 Å². The maximum Gasteiger partial charge on any atom is 0.251 e. The Bertz CT molecular complexity index is 459. The number of nitrogens with one attached hydrogen (secondary N) is 1. The molecule has 5 nitrogen and oxygen atoms in total. The molecule has 1 N–H and O–H groups in total. The van der Waals surface area contributed by atoms with E-state index in [0.29, 0.717) is 43.4 Å². The molecule has 1 amide bonds. The molecule has 104 valence electrons. The van der Waals surface area contributed by atoms with Crippen molar-refractivity contribution in [1.82, 2.24) is 5.32 Å². The van der Waals surface area contributed by atoms with E-state index in [1.165, 1.54) is 0 Å². The lowest BCUT2D eigenvalue weighted by atomic mass is 10.1. The summed E-state index contributed by atoms with van der Waals surface area (Å²) < 4.78 is 16.1. The number of fused-ring (bicyclic) bond motifs is 1. The average Bonchev–Trinajstić information content (AvgIpc) is 2.62. The molecule has 2 rings (SSSR count). The minimum atomic E-state index is -0.120. The van der Waals surface area contributed by atoms with Gasteiger partial charge >= 0.3 is 0 Å². The van der Waals surface area contributed by atoms with Crippen molar-refractivity contribution < 1.29 is 19.0 Å². The van der Waals surface area contributed by atoms with Gasteiger partial charge in [-0.25, -0.2) is 0 Å². The van der Waals surface area contributed by atoms with Crippen molar-refractivity contribution in [1.29, 1.82) is 0 Å². The number of amides is 1. The zero-order valence-corrected chi connectivity index (χ0v) is 11.3. The largest absolute Gasteiger partial charge is 0.490 e. The number of aryl methyl sites for hydroxylation is 1. The summed E-state index contributed by atoms with van der Waals surface area (Å²) in [5.74, 6) is 1.23. The van der Waals surface area contributed by atoms with E-state index < -0.39 is 0 Å². The first-order valence-corrected chi connectivity index (χ1v) is 6.39. The summed E-state index contributed by atoms with van der Waals surface area (Å²) in [7, 11) is 1.60. The third-order valence-corrected chi connectivity index (χ3v) is 2.93. The van der Waals surface area contributed by atoms with Crippen LogP contribution >= 0.6 is 0 Å². The van der Waals surface area contributed by atoms with Crippen LogP contribution in [0.25, 0.3) is 0 Å². The highest BCUT2D eigenvalue weighted by Crippen LogP contribution is 2.32. The fraction of sp³-hybridized carbons (Fsp3) is 0.500. The van der Waals surface area contributed by atoms with Gasteiger partial charge in [0.2, 0.25) is 0 Å².